The minimum atomic E-state index is -1.21. The van der Waals surface area contributed by atoms with Gasteiger partial charge in [0.15, 0.2) is 0 Å². The monoisotopic (exact) mass is 327 g/mol. The number of esters is 1. The third kappa shape index (κ3) is 7.35. The second kappa shape index (κ2) is 7.66. The van der Waals surface area contributed by atoms with E-state index in [-0.39, 0.29) is 13.0 Å². The van der Waals surface area contributed by atoms with E-state index in [2.05, 4.69) is 5.32 Å². The molecule has 0 aromatic carbocycles. The molecule has 1 rings (SSSR count). The Kier molecular flexibility index (Phi) is 6.18. The van der Waals surface area contributed by atoms with Crippen molar-refractivity contribution in [2.75, 3.05) is 0 Å². The van der Waals surface area contributed by atoms with Gasteiger partial charge in [0.1, 0.15) is 29.8 Å². The number of hydrogen-bond donors (Lipinski definition) is 2. The van der Waals surface area contributed by atoms with E-state index in [1.165, 1.54) is 6.92 Å². The molecule has 0 aliphatic heterocycles. The van der Waals surface area contributed by atoms with Gasteiger partial charge in [-0.25, -0.2) is 9.59 Å². The summed E-state index contributed by atoms with van der Waals surface area (Å²) >= 11 is 0. The molecular formula is C15H21NO7. The number of carbonyl (C=O) groups excluding carboxylic acids is 2. The molecule has 0 radical (unpaired) electrons. The molecule has 1 amide bonds. The van der Waals surface area contributed by atoms with Crippen LogP contribution in [-0.4, -0.2) is 34.8 Å². The Labute approximate surface area is 133 Å². The van der Waals surface area contributed by atoms with Gasteiger partial charge in [-0.15, -0.1) is 0 Å². The lowest BCUT2D eigenvalue weighted by Crippen LogP contribution is -2.44. The number of aliphatic carboxylic acids is 1. The number of rotatable bonds is 6. The predicted octanol–water partition coefficient (Wildman–Crippen LogP) is 1.86. The van der Waals surface area contributed by atoms with E-state index in [0.717, 1.165) is 0 Å². The Morgan fingerprint density at radius 2 is 1.87 bits per heavy atom. The summed E-state index contributed by atoms with van der Waals surface area (Å²) < 4.78 is 15.2. The van der Waals surface area contributed by atoms with Crippen LogP contribution in [0.4, 0.5) is 4.79 Å². The number of carbonyl (C=O) groups is 3. The van der Waals surface area contributed by atoms with Gasteiger partial charge in [-0.3, -0.25) is 4.79 Å². The van der Waals surface area contributed by atoms with Crippen molar-refractivity contribution in [1.29, 1.82) is 0 Å². The van der Waals surface area contributed by atoms with Crippen molar-refractivity contribution in [3.8, 4) is 0 Å². The lowest BCUT2D eigenvalue weighted by Gasteiger charge is -2.21. The molecule has 23 heavy (non-hydrogen) atoms. The molecule has 0 bridgehead atoms. The Hall–Kier alpha value is -2.51. The summed E-state index contributed by atoms with van der Waals surface area (Å²) in [6.07, 6.45) is -0.883. The van der Waals surface area contributed by atoms with Gasteiger partial charge in [0.05, 0.1) is 0 Å². The summed E-state index contributed by atoms with van der Waals surface area (Å²) in [6.45, 7) is 6.27. The first-order chi connectivity index (χ1) is 10.6. The number of carboxylic acid groups (broad SMARTS) is 1. The van der Waals surface area contributed by atoms with Gasteiger partial charge in [-0.2, -0.15) is 0 Å². The maximum absolute atomic E-state index is 11.7. The summed E-state index contributed by atoms with van der Waals surface area (Å²) in [5, 5.41) is 11.5. The van der Waals surface area contributed by atoms with Crippen molar-refractivity contribution in [3.63, 3.8) is 0 Å². The Morgan fingerprint density at radius 3 is 2.39 bits per heavy atom. The van der Waals surface area contributed by atoms with Gasteiger partial charge >= 0.3 is 18.0 Å². The fraction of sp³-hybridized carbons (Fsp3) is 0.533. The summed E-state index contributed by atoms with van der Waals surface area (Å²) in [4.78, 5) is 33.6. The van der Waals surface area contributed by atoms with E-state index in [9.17, 15) is 19.5 Å². The zero-order valence-corrected chi connectivity index (χ0v) is 13.5. The summed E-state index contributed by atoms with van der Waals surface area (Å²) in [7, 11) is 0. The van der Waals surface area contributed by atoms with E-state index in [1.54, 1.807) is 32.9 Å². The molecule has 0 spiro atoms. The third-order valence-corrected chi connectivity index (χ3v) is 2.53. The summed E-state index contributed by atoms with van der Waals surface area (Å²) in [6, 6.07) is 1.94. The molecule has 8 nitrogen and oxygen atoms in total. The average Bonchev–Trinajstić information content (AvgIpc) is 2.81. The molecule has 2 N–H and O–H groups in total. The van der Waals surface area contributed by atoms with Crippen LogP contribution in [0.1, 0.15) is 39.2 Å². The fourth-order valence-electron chi connectivity index (χ4n) is 1.63. The number of nitrogens with one attached hydrogen (secondary N) is 1. The first-order valence-electron chi connectivity index (χ1n) is 7.00. The highest BCUT2D eigenvalue weighted by Gasteiger charge is 2.25. The van der Waals surface area contributed by atoms with Crippen LogP contribution in [0.15, 0.2) is 16.5 Å². The van der Waals surface area contributed by atoms with Crippen LogP contribution in [0.5, 0.6) is 0 Å². The van der Waals surface area contributed by atoms with Crippen molar-refractivity contribution in [2.45, 2.75) is 52.4 Å². The van der Waals surface area contributed by atoms with Gasteiger partial charge in [-0.05, 0) is 32.9 Å². The van der Waals surface area contributed by atoms with Gasteiger partial charge in [0.25, 0.3) is 0 Å². The van der Waals surface area contributed by atoms with Crippen LogP contribution >= 0.6 is 0 Å². The molecule has 0 aliphatic rings. The fourth-order valence-corrected chi connectivity index (χ4v) is 1.63. The van der Waals surface area contributed by atoms with Crippen molar-refractivity contribution in [3.05, 3.63) is 23.7 Å². The molecule has 0 saturated carbocycles. The zero-order valence-electron chi connectivity index (χ0n) is 13.5. The maximum atomic E-state index is 11.7. The van der Waals surface area contributed by atoms with Crippen molar-refractivity contribution in [1.82, 2.24) is 5.32 Å². The molecule has 0 fully saturated rings. The number of ether oxygens (including phenoxy) is 2. The first kappa shape index (κ1) is 18.5. The SMILES string of the molecule is CC(=O)OCc1ccc(CC(NC(=O)OC(C)(C)C)C(=O)O)o1. The van der Waals surface area contributed by atoms with E-state index in [0.29, 0.717) is 11.5 Å². The Morgan fingerprint density at radius 1 is 1.26 bits per heavy atom. The predicted molar refractivity (Wildman–Crippen MR) is 78.7 cm³/mol. The van der Waals surface area contributed by atoms with Crippen molar-refractivity contribution < 1.29 is 33.4 Å². The van der Waals surface area contributed by atoms with Gasteiger partial charge in [-0.1, -0.05) is 0 Å². The minimum Gasteiger partial charge on any atom is -0.480 e. The van der Waals surface area contributed by atoms with Crippen molar-refractivity contribution >= 4 is 18.0 Å². The second-order valence-corrected chi connectivity index (χ2v) is 5.89. The Bertz CT molecular complexity index is 571. The van der Waals surface area contributed by atoms with Gasteiger partial charge in [0.2, 0.25) is 0 Å². The molecule has 1 heterocycles. The molecule has 1 aromatic heterocycles. The zero-order chi connectivity index (χ0) is 17.6. The lowest BCUT2D eigenvalue weighted by atomic mass is 10.1. The molecule has 0 aliphatic carbocycles. The minimum absolute atomic E-state index is 0.0352. The first-order valence-corrected chi connectivity index (χ1v) is 7.00. The highest BCUT2D eigenvalue weighted by molar-refractivity contribution is 5.80. The van der Waals surface area contributed by atoms with Gasteiger partial charge in [0, 0.05) is 13.3 Å². The number of alkyl carbamates (subject to hydrolysis) is 1. The van der Waals surface area contributed by atoms with Crippen molar-refractivity contribution in [2.24, 2.45) is 0 Å². The molecule has 1 atom stereocenters. The number of amides is 1. The number of hydrogen-bond acceptors (Lipinski definition) is 6. The van der Waals surface area contributed by atoms with Crippen LogP contribution < -0.4 is 5.32 Å². The maximum Gasteiger partial charge on any atom is 0.408 e. The van der Waals surface area contributed by atoms with Crippen LogP contribution in [0.3, 0.4) is 0 Å². The number of furan rings is 1. The second-order valence-electron chi connectivity index (χ2n) is 5.89. The molecule has 1 unspecified atom stereocenters. The molecular weight excluding hydrogens is 306 g/mol. The topological polar surface area (TPSA) is 115 Å². The molecule has 0 saturated heterocycles. The van der Waals surface area contributed by atoms with Crippen LogP contribution in [0.25, 0.3) is 0 Å². The molecule has 1 aromatic rings. The van der Waals surface area contributed by atoms with Crippen LogP contribution in [0, 0.1) is 0 Å². The average molecular weight is 327 g/mol. The van der Waals surface area contributed by atoms with E-state index in [1.807, 2.05) is 0 Å². The van der Waals surface area contributed by atoms with E-state index < -0.39 is 29.7 Å². The lowest BCUT2D eigenvalue weighted by molar-refractivity contribution is -0.142. The summed E-state index contributed by atoms with van der Waals surface area (Å²) in [5.74, 6) is -0.932. The third-order valence-electron chi connectivity index (χ3n) is 2.53. The largest absolute Gasteiger partial charge is 0.480 e. The van der Waals surface area contributed by atoms with Gasteiger partial charge < -0.3 is 24.3 Å². The van der Waals surface area contributed by atoms with Crippen LogP contribution in [-0.2, 0) is 32.1 Å². The van der Waals surface area contributed by atoms with Crippen LogP contribution in [0.2, 0.25) is 0 Å². The van der Waals surface area contributed by atoms with E-state index >= 15 is 0 Å². The van der Waals surface area contributed by atoms with E-state index in [4.69, 9.17) is 13.9 Å². The highest BCUT2D eigenvalue weighted by Crippen LogP contribution is 2.12. The molecule has 8 heteroatoms. The standard InChI is InChI=1S/C15H21NO7/c1-9(17)21-8-11-6-5-10(22-11)7-12(13(18)19)16-14(20)23-15(2,3)4/h5-6,12H,7-8H2,1-4H3,(H,16,20)(H,18,19). The normalized spacial score (nSPS) is 12.3. The quantitative estimate of drug-likeness (QED) is 0.766. The summed E-state index contributed by atoms with van der Waals surface area (Å²) in [5.41, 5.74) is -0.727. The smallest absolute Gasteiger partial charge is 0.408 e. The highest BCUT2D eigenvalue weighted by atomic mass is 16.6. The number of carboxylic acids is 1. The Balaban J connectivity index is 2.64. The molecule has 128 valence electrons.